The quantitative estimate of drug-likeness (QED) is 0.860. The molecule has 106 valence electrons. The molecular weight excluding hydrogens is 234 g/mol. The Bertz CT molecular complexity index is 389. The zero-order valence-electron chi connectivity index (χ0n) is 12.5. The molecule has 0 aliphatic heterocycles. The van der Waals surface area contributed by atoms with Crippen LogP contribution in [0.25, 0.3) is 0 Å². The van der Waals surface area contributed by atoms with E-state index >= 15 is 0 Å². The normalized spacial score (nSPS) is 23.6. The van der Waals surface area contributed by atoms with Crippen molar-refractivity contribution < 1.29 is 4.74 Å². The van der Waals surface area contributed by atoms with Crippen LogP contribution in [0.5, 0.6) is 5.75 Å². The molecule has 0 aromatic heterocycles. The fraction of sp³-hybridized carbons (Fsp3) is 0.647. The number of para-hydroxylation sites is 1. The summed E-state index contributed by atoms with van der Waals surface area (Å²) in [5.41, 5.74) is 1.27. The van der Waals surface area contributed by atoms with Crippen LogP contribution in [0.3, 0.4) is 0 Å². The predicted molar refractivity (Wildman–Crippen MR) is 80.5 cm³/mol. The van der Waals surface area contributed by atoms with Gasteiger partial charge in [0.1, 0.15) is 5.75 Å². The lowest BCUT2D eigenvalue weighted by atomic mass is 9.87. The fourth-order valence-electron chi connectivity index (χ4n) is 2.89. The summed E-state index contributed by atoms with van der Waals surface area (Å²) in [4.78, 5) is 0. The summed E-state index contributed by atoms with van der Waals surface area (Å²) in [7, 11) is 0. The van der Waals surface area contributed by atoms with E-state index in [0.29, 0.717) is 6.04 Å². The molecule has 1 fully saturated rings. The maximum absolute atomic E-state index is 5.87. The van der Waals surface area contributed by atoms with Crippen LogP contribution in [0.15, 0.2) is 24.3 Å². The van der Waals surface area contributed by atoms with Gasteiger partial charge in [-0.15, -0.1) is 0 Å². The second-order valence-electron chi connectivity index (χ2n) is 6.12. The van der Waals surface area contributed by atoms with Crippen LogP contribution in [0.1, 0.15) is 52.0 Å². The van der Waals surface area contributed by atoms with Crippen molar-refractivity contribution in [3.05, 3.63) is 29.8 Å². The Kier molecular flexibility index (Phi) is 5.26. The fourth-order valence-corrected chi connectivity index (χ4v) is 2.89. The summed E-state index contributed by atoms with van der Waals surface area (Å²) >= 11 is 0. The molecule has 1 N–H and O–H groups in total. The van der Waals surface area contributed by atoms with Gasteiger partial charge >= 0.3 is 0 Å². The SMILES string of the molecule is CC1CCCC(NCc2ccccc2OC(C)C)C1. The van der Waals surface area contributed by atoms with E-state index in [1.165, 1.54) is 31.2 Å². The zero-order valence-corrected chi connectivity index (χ0v) is 12.5. The largest absolute Gasteiger partial charge is 0.491 e. The van der Waals surface area contributed by atoms with Crippen molar-refractivity contribution in [3.63, 3.8) is 0 Å². The molecule has 0 radical (unpaired) electrons. The number of hydrogen-bond donors (Lipinski definition) is 1. The topological polar surface area (TPSA) is 21.3 Å². The summed E-state index contributed by atoms with van der Waals surface area (Å²) < 4.78 is 5.87. The molecule has 1 saturated carbocycles. The van der Waals surface area contributed by atoms with Gasteiger partial charge in [-0.25, -0.2) is 0 Å². The van der Waals surface area contributed by atoms with Gasteiger partial charge in [-0.2, -0.15) is 0 Å². The van der Waals surface area contributed by atoms with Crippen LogP contribution in [0.2, 0.25) is 0 Å². The number of rotatable bonds is 5. The van der Waals surface area contributed by atoms with Crippen molar-refractivity contribution in [2.75, 3.05) is 0 Å². The minimum atomic E-state index is 0.232. The van der Waals surface area contributed by atoms with E-state index in [2.05, 4.69) is 44.3 Å². The third-order valence-corrected chi connectivity index (χ3v) is 3.85. The first-order chi connectivity index (χ1) is 9.15. The van der Waals surface area contributed by atoms with Crippen LogP contribution in [-0.2, 0) is 6.54 Å². The Morgan fingerprint density at radius 3 is 2.79 bits per heavy atom. The lowest BCUT2D eigenvalue weighted by Crippen LogP contribution is -2.33. The maximum Gasteiger partial charge on any atom is 0.124 e. The van der Waals surface area contributed by atoms with Gasteiger partial charge in [0, 0.05) is 18.2 Å². The predicted octanol–water partition coefficient (Wildman–Crippen LogP) is 4.14. The molecule has 1 aliphatic rings. The van der Waals surface area contributed by atoms with Crippen LogP contribution in [0.4, 0.5) is 0 Å². The maximum atomic E-state index is 5.87. The molecule has 2 atom stereocenters. The number of ether oxygens (including phenoxy) is 1. The molecule has 2 unspecified atom stereocenters. The van der Waals surface area contributed by atoms with E-state index in [-0.39, 0.29) is 6.10 Å². The van der Waals surface area contributed by atoms with E-state index in [1.54, 1.807) is 0 Å². The molecule has 0 heterocycles. The number of hydrogen-bond acceptors (Lipinski definition) is 2. The second kappa shape index (κ2) is 6.95. The molecule has 2 rings (SSSR count). The van der Waals surface area contributed by atoms with Gasteiger partial charge in [-0.3, -0.25) is 0 Å². The van der Waals surface area contributed by atoms with Gasteiger partial charge in [0.15, 0.2) is 0 Å². The van der Waals surface area contributed by atoms with Gasteiger partial charge in [0.2, 0.25) is 0 Å². The van der Waals surface area contributed by atoms with E-state index < -0.39 is 0 Å². The van der Waals surface area contributed by atoms with E-state index in [1.807, 2.05) is 6.07 Å². The summed E-state index contributed by atoms with van der Waals surface area (Å²) in [6.45, 7) is 7.43. The Hall–Kier alpha value is -1.02. The molecule has 0 amide bonds. The Balaban J connectivity index is 1.91. The first-order valence-corrected chi connectivity index (χ1v) is 7.63. The number of benzene rings is 1. The molecule has 19 heavy (non-hydrogen) atoms. The van der Waals surface area contributed by atoms with Crippen LogP contribution in [0, 0.1) is 5.92 Å². The second-order valence-corrected chi connectivity index (χ2v) is 6.12. The third-order valence-electron chi connectivity index (χ3n) is 3.85. The molecule has 0 saturated heterocycles. The molecule has 1 aromatic rings. The summed E-state index contributed by atoms with van der Waals surface area (Å²) in [6, 6.07) is 9.05. The lowest BCUT2D eigenvalue weighted by Gasteiger charge is -2.28. The van der Waals surface area contributed by atoms with E-state index in [9.17, 15) is 0 Å². The van der Waals surface area contributed by atoms with Gasteiger partial charge in [-0.05, 0) is 38.7 Å². The molecule has 2 nitrogen and oxygen atoms in total. The van der Waals surface area contributed by atoms with Gasteiger partial charge < -0.3 is 10.1 Å². The summed E-state index contributed by atoms with van der Waals surface area (Å²) in [6.07, 6.45) is 5.62. The van der Waals surface area contributed by atoms with Crippen molar-refractivity contribution >= 4 is 0 Å². The highest BCUT2D eigenvalue weighted by molar-refractivity contribution is 5.33. The van der Waals surface area contributed by atoms with Crippen molar-refractivity contribution in [2.45, 2.75) is 65.1 Å². The van der Waals surface area contributed by atoms with Crippen molar-refractivity contribution in [2.24, 2.45) is 5.92 Å². The van der Waals surface area contributed by atoms with Crippen LogP contribution >= 0.6 is 0 Å². The first kappa shape index (κ1) is 14.4. The Labute approximate surface area is 117 Å². The minimum Gasteiger partial charge on any atom is -0.491 e. The Morgan fingerprint density at radius 2 is 2.05 bits per heavy atom. The smallest absolute Gasteiger partial charge is 0.124 e. The van der Waals surface area contributed by atoms with Crippen LogP contribution < -0.4 is 10.1 Å². The monoisotopic (exact) mass is 261 g/mol. The minimum absolute atomic E-state index is 0.232. The molecule has 0 spiro atoms. The lowest BCUT2D eigenvalue weighted by molar-refractivity contribution is 0.238. The van der Waals surface area contributed by atoms with E-state index in [4.69, 9.17) is 4.74 Å². The Morgan fingerprint density at radius 1 is 1.26 bits per heavy atom. The number of nitrogens with one attached hydrogen (secondary N) is 1. The van der Waals surface area contributed by atoms with Gasteiger partial charge in [0.25, 0.3) is 0 Å². The third kappa shape index (κ3) is 4.54. The van der Waals surface area contributed by atoms with Gasteiger partial charge in [-0.1, -0.05) is 38.0 Å². The van der Waals surface area contributed by atoms with Crippen molar-refractivity contribution in [1.29, 1.82) is 0 Å². The summed E-state index contributed by atoms with van der Waals surface area (Å²) in [5, 5.41) is 3.70. The molecular formula is C17H27NO. The standard InChI is InChI=1S/C17H27NO/c1-13(2)19-17-10-5-4-8-15(17)12-18-16-9-6-7-14(3)11-16/h4-5,8,10,13-14,16,18H,6-7,9,11-12H2,1-3H3. The molecule has 1 aliphatic carbocycles. The first-order valence-electron chi connectivity index (χ1n) is 7.63. The van der Waals surface area contributed by atoms with Crippen molar-refractivity contribution in [3.8, 4) is 5.75 Å². The highest BCUT2D eigenvalue weighted by Crippen LogP contribution is 2.25. The molecule has 0 bridgehead atoms. The van der Waals surface area contributed by atoms with Gasteiger partial charge in [0.05, 0.1) is 6.10 Å². The van der Waals surface area contributed by atoms with Crippen LogP contribution in [-0.4, -0.2) is 12.1 Å². The zero-order chi connectivity index (χ0) is 13.7. The molecule has 2 heteroatoms. The highest BCUT2D eigenvalue weighted by atomic mass is 16.5. The molecule has 1 aromatic carbocycles. The van der Waals surface area contributed by atoms with E-state index in [0.717, 1.165) is 18.2 Å². The summed E-state index contributed by atoms with van der Waals surface area (Å²) in [5.74, 6) is 1.89. The highest BCUT2D eigenvalue weighted by Gasteiger charge is 2.18. The van der Waals surface area contributed by atoms with Crippen molar-refractivity contribution in [1.82, 2.24) is 5.32 Å². The average molecular weight is 261 g/mol. The average Bonchev–Trinajstić information content (AvgIpc) is 2.37.